The molecule has 2 aromatic rings. The standard InChI is InChI=1S/C21H26FN7O5S/c1-14-18-12-28(21(31)25-16-4-5-19(22)15(8-16)9-23)7-6-20(18)26-29(14)11-17(34-27(2)13-30)10-24-35(3,32)33/h4-5,8,13,17,24H,6-7,10-12H2,1-3H3,(H,25,31)/t17-/m1/s1. The second-order valence-electron chi connectivity index (χ2n) is 8.10. The number of benzene rings is 1. The Balaban J connectivity index is 1.72. The quantitative estimate of drug-likeness (QED) is 0.375. The number of fused-ring (bicyclic) bond motifs is 1. The van der Waals surface area contributed by atoms with Gasteiger partial charge in [-0.15, -0.1) is 0 Å². The predicted molar refractivity (Wildman–Crippen MR) is 123 cm³/mol. The van der Waals surface area contributed by atoms with Crippen molar-refractivity contribution in [3.8, 4) is 6.07 Å². The fourth-order valence-electron chi connectivity index (χ4n) is 3.64. The van der Waals surface area contributed by atoms with E-state index in [2.05, 4.69) is 15.1 Å². The molecule has 0 spiro atoms. The largest absolute Gasteiger partial charge is 0.322 e. The lowest BCUT2D eigenvalue weighted by atomic mass is 10.1. The molecule has 0 aliphatic carbocycles. The maximum atomic E-state index is 13.5. The fourth-order valence-corrected chi connectivity index (χ4v) is 4.13. The van der Waals surface area contributed by atoms with E-state index in [0.717, 1.165) is 34.3 Å². The summed E-state index contributed by atoms with van der Waals surface area (Å²) in [7, 11) is -2.07. The zero-order chi connectivity index (χ0) is 25.8. The zero-order valence-corrected chi connectivity index (χ0v) is 20.3. The van der Waals surface area contributed by atoms with Gasteiger partial charge in [-0.25, -0.2) is 27.4 Å². The highest BCUT2D eigenvalue weighted by molar-refractivity contribution is 7.88. The van der Waals surface area contributed by atoms with Crippen molar-refractivity contribution >= 4 is 28.2 Å². The summed E-state index contributed by atoms with van der Waals surface area (Å²) >= 11 is 0. The van der Waals surface area contributed by atoms with E-state index in [1.165, 1.54) is 19.2 Å². The van der Waals surface area contributed by atoms with Gasteiger partial charge in [0.2, 0.25) is 16.4 Å². The molecular formula is C21H26FN7O5S. The van der Waals surface area contributed by atoms with Crippen molar-refractivity contribution in [3.05, 3.63) is 46.5 Å². The van der Waals surface area contributed by atoms with Crippen LogP contribution in [0.3, 0.4) is 0 Å². The number of carbonyl (C=O) groups excluding carboxylic acids is 2. The highest BCUT2D eigenvalue weighted by atomic mass is 32.2. The van der Waals surface area contributed by atoms with E-state index < -0.39 is 28.0 Å². The van der Waals surface area contributed by atoms with Gasteiger partial charge in [-0.05, 0) is 25.1 Å². The molecule has 12 nitrogen and oxygen atoms in total. The normalized spacial score (nSPS) is 14.1. The van der Waals surface area contributed by atoms with Crippen LogP contribution in [0.4, 0.5) is 14.9 Å². The number of carbonyl (C=O) groups is 2. The highest BCUT2D eigenvalue weighted by Crippen LogP contribution is 2.23. The maximum absolute atomic E-state index is 13.5. The van der Waals surface area contributed by atoms with Gasteiger partial charge in [-0.1, -0.05) is 0 Å². The fraction of sp³-hybridized carbons (Fsp3) is 0.429. The Hall–Kier alpha value is -3.54. The van der Waals surface area contributed by atoms with Crippen molar-refractivity contribution in [2.24, 2.45) is 0 Å². The first-order valence-electron chi connectivity index (χ1n) is 10.6. The van der Waals surface area contributed by atoms with Crippen LogP contribution in [0.25, 0.3) is 0 Å². The molecule has 0 radical (unpaired) electrons. The molecule has 188 valence electrons. The summed E-state index contributed by atoms with van der Waals surface area (Å²) in [6, 6.07) is 5.11. The van der Waals surface area contributed by atoms with Gasteiger partial charge in [0.1, 0.15) is 18.0 Å². The molecule has 1 atom stereocenters. The van der Waals surface area contributed by atoms with E-state index in [0.29, 0.717) is 25.1 Å². The third-order valence-electron chi connectivity index (χ3n) is 5.42. The maximum Gasteiger partial charge on any atom is 0.322 e. The Morgan fingerprint density at radius 2 is 2.20 bits per heavy atom. The first kappa shape index (κ1) is 26.1. The van der Waals surface area contributed by atoms with Crippen molar-refractivity contribution in [1.82, 2.24) is 24.5 Å². The van der Waals surface area contributed by atoms with Gasteiger partial charge in [0, 0.05) is 43.5 Å². The Kier molecular flexibility index (Phi) is 8.05. The van der Waals surface area contributed by atoms with Gasteiger partial charge in [-0.3, -0.25) is 14.3 Å². The van der Waals surface area contributed by atoms with Crippen LogP contribution in [-0.2, 0) is 39.2 Å². The Bertz CT molecular complexity index is 1260. The SMILES string of the molecule is Cc1c2c(nn1C[C@@H](CNS(C)(=O)=O)ON(C)C=O)CCN(C(=O)Nc1ccc(F)c(C#N)c1)C2. The Morgan fingerprint density at radius 3 is 2.86 bits per heavy atom. The predicted octanol–water partition coefficient (Wildman–Crippen LogP) is 0.730. The molecule has 14 heteroatoms. The van der Waals surface area contributed by atoms with Crippen LogP contribution in [0.5, 0.6) is 0 Å². The van der Waals surface area contributed by atoms with E-state index in [9.17, 15) is 22.4 Å². The molecule has 0 bridgehead atoms. The van der Waals surface area contributed by atoms with Crippen molar-refractivity contribution in [1.29, 1.82) is 5.26 Å². The van der Waals surface area contributed by atoms with Crippen molar-refractivity contribution < 1.29 is 27.2 Å². The summed E-state index contributed by atoms with van der Waals surface area (Å²) in [5.41, 5.74) is 2.57. The molecule has 1 aromatic heterocycles. The lowest BCUT2D eigenvalue weighted by Gasteiger charge is -2.27. The van der Waals surface area contributed by atoms with Gasteiger partial charge in [0.25, 0.3) is 0 Å². The second-order valence-corrected chi connectivity index (χ2v) is 9.93. The van der Waals surface area contributed by atoms with Gasteiger partial charge < -0.3 is 10.2 Å². The third kappa shape index (κ3) is 6.75. The number of halogens is 1. The Morgan fingerprint density at radius 1 is 1.46 bits per heavy atom. The van der Waals surface area contributed by atoms with Crippen molar-refractivity contribution in [2.45, 2.75) is 32.5 Å². The highest BCUT2D eigenvalue weighted by Gasteiger charge is 2.27. The lowest BCUT2D eigenvalue weighted by molar-refractivity contribution is -0.184. The number of hydrogen-bond donors (Lipinski definition) is 2. The number of urea groups is 1. The molecule has 35 heavy (non-hydrogen) atoms. The summed E-state index contributed by atoms with van der Waals surface area (Å²) in [5.74, 6) is -0.662. The average molecular weight is 508 g/mol. The topological polar surface area (TPSA) is 150 Å². The minimum absolute atomic E-state index is 0.0716. The minimum atomic E-state index is -3.47. The van der Waals surface area contributed by atoms with Gasteiger partial charge in [0.05, 0.1) is 30.6 Å². The number of nitriles is 1. The molecule has 2 N–H and O–H groups in total. The third-order valence-corrected chi connectivity index (χ3v) is 6.11. The molecule has 1 aliphatic heterocycles. The zero-order valence-electron chi connectivity index (χ0n) is 19.5. The van der Waals surface area contributed by atoms with E-state index in [4.69, 9.17) is 10.1 Å². The molecule has 0 saturated heterocycles. The molecule has 3 amide bonds. The first-order chi connectivity index (χ1) is 16.5. The van der Waals surface area contributed by atoms with Gasteiger partial charge in [0.15, 0.2) is 0 Å². The summed E-state index contributed by atoms with van der Waals surface area (Å²) in [4.78, 5) is 30.8. The number of anilines is 1. The van der Waals surface area contributed by atoms with E-state index >= 15 is 0 Å². The lowest BCUT2D eigenvalue weighted by Crippen LogP contribution is -2.39. The smallest absolute Gasteiger partial charge is 0.320 e. The molecule has 3 rings (SSSR count). The molecule has 0 unspecified atom stereocenters. The summed E-state index contributed by atoms with van der Waals surface area (Å²) < 4.78 is 40.6. The van der Waals surface area contributed by atoms with Crippen LogP contribution in [-0.4, -0.2) is 73.1 Å². The number of nitrogens with one attached hydrogen (secondary N) is 2. The van der Waals surface area contributed by atoms with Crippen molar-refractivity contribution in [3.63, 3.8) is 0 Å². The number of sulfonamides is 1. The molecule has 0 saturated carbocycles. The van der Waals surface area contributed by atoms with Crippen LogP contribution in [0.2, 0.25) is 0 Å². The van der Waals surface area contributed by atoms with Crippen LogP contribution < -0.4 is 10.0 Å². The monoisotopic (exact) mass is 507 g/mol. The molecule has 1 aromatic carbocycles. The van der Waals surface area contributed by atoms with E-state index in [-0.39, 0.29) is 25.2 Å². The number of amides is 3. The van der Waals surface area contributed by atoms with Crippen LogP contribution in [0, 0.1) is 24.1 Å². The number of nitrogens with zero attached hydrogens (tertiary/aromatic N) is 5. The van der Waals surface area contributed by atoms with Crippen LogP contribution >= 0.6 is 0 Å². The summed E-state index contributed by atoms with van der Waals surface area (Å²) in [5, 5.41) is 17.2. The summed E-state index contributed by atoms with van der Waals surface area (Å²) in [6.45, 7) is 2.60. The molecule has 0 fully saturated rings. The number of rotatable bonds is 9. The van der Waals surface area contributed by atoms with E-state index in [1.54, 1.807) is 15.7 Å². The Labute approximate surface area is 202 Å². The van der Waals surface area contributed by atoms with Crippen LogP contribution in [0.1, 0.15) is 22.5 Å². The average Bonchev–Trinajstić information content (AvgIpc) is 3.12. The second kappa shape index (κ2) is 10.8. The van der Waals surface area contributed by atoms with Gasteiger partial charge >= 0.3 is 6.03 Å². The van der Waals surface area contributed by atoms with Crippen LogP contribution in [0.15, 0.2) is 18.2 Å². The molecule has 1 aliphatic rings. The number of hydroxylamine groups is 2. The first-order valence-corrected chi connectivity index (χ1v) is 12.5. The number of aromatic nitrogens is 2. The van der Waals surface area contributed by atoms with Gasteiger partial charge in [-0.2, -0.15) is 10.4 Å². The minimum Gasteiger partial charge on any atom is -0.320 e. The summed E-state index contributed by atoms with van der Waals surface area (Å²) in [6.07, 6.45) is 1.27. The van der Waals surface area contributed by atoms with E-state index in [1.807, 2.05) is 6.92 Å². The molecule has 2 heterocycles. The van der Waals surface area contributed by atoms with Crippen molar-refractivity contribution in [2.75, 3.05) is 31.7 Å². The number of hydrogen-bond acceptors (Lipinski definition) is 7. The molecular weight excluding hydrogens is 481 g/mol.